The lowest BCUT2D eigenvalue weighted by Gasteiger charge is -2.29. The SMILES string of the molecule is CN(C)C(=N)N=C(N)N.N[C@@H](CC(=O)N1CCn2c(nnc2C(F)(F)F)C1)Cc1cc(F)c(F)cc1F. The predicted octanol–water partition coefficient (Wildman–Crippen LogP) is 0.773. The van der Waals surface area contributed by atoms with Gasteiger partial charge in [-0.25, -0.2) is 13.2 Å². The zero-order valence-electron chi connectivity index (χ0n) is 19.9. The molecule has 11 nitrogen and oxygen atoms in total. The van der Waals surface area contributed by atoms with Gasteiger partial charge in [-0.05, 0) is 18.1 Å². The van der Waals surface area contributed by atoms with Crippen molar-refractivity contribution in [2.75, 3.05) is 20.6 Å². The number of nitrogens with zero attached hydrogens (tertiary/aromatic N) is 6. The molecule has 1 aliphatic rings. The highest BCUT2D eigenvalue weighted by Crippen LogP contribution is 2.29. The predicted molar refractivity (Wildman–Crippen MR) is 120 cm³/mol. The first-order valence-corrected chi connectivity index (χ1v) is 10.6. The van der Waals surface area contributed by atoms with Crippen LogP contribution in [0.5, 0.6) is 0 Å². The summed E-state index contributed by atoms with van der Waals surface area (Å²) in [6, 6.07) is 0.184. The number of nitrogens with one attached hydrogen (secondary N) is 1. The molecule has 7 N–H and O–H groups in total. The van der Waals surface area contributed by atoms with Crippen LogP contribution in [0.2, 0.25) is 0 Å². The second-order valence-corrected chi connectivity index (χ2v) is 8.19. The van der Waals surface area contributed by atoms with Gasteiger partial charge in [0.1, 0.15) is 5.82 Å². The number of nitrogens with two attached hydrogens (primary N) is 3. The fourth-order valence-electron chi connectivity index (χ4n) is 3.23. The molecule has 0 aliphatic carbocycles. The largest absolute Gasteiger partial charge is 0.451 e. The summed E-state index contributed by atoms with van der Waals surface area (Å²) in [5.74, 6) is -5.19. The van der Waals surface area contributed by atoms with Crippen LogP contribution in [0.15, 0.2) is 17.1 Å². The van der Waals surface area contributed by atoms with Crippen molar-refractivity contribution in [3.63, 3.8) is 0 Å². The highest BCUT2D eigenvalue weighted by Gasteiger charge is 2.40. The quantitative estimate of drug-likeness (QED) is 0.194. The molecule has 37 heavy (non-hydrogen) atoms. The molecule has 1 atom stereocenters. The van der Waals surface area contributed by atoms with Gasteiger partial charge in [0.15, 0.2) is 23.4 Å². The number of hydrogen-bond donors (Lipinski definition) is 4. The Kier molecular flexibility index (Phi) is 9.43. The van der Waals surface area contributed by atoms with E-state index in [1.54, 1.807) is 14.1 Å². The number of fused-ring (bicyclic) bond motifs is 1. The zero-order valence-corrected chi connectivity index (χ0v) is 19.9. The molecular formula is C20H26F6N10O. The van der Waals surface area contributed by atoms with Crippen LogP contribution >= 0.6 is 0 Å². The van der Waals surface area contributed by atoms with Crippen molar-refractivity contribution in [3.8, 4) is 0 Å². The molecule has 1 aromatic carbocycles. The smallest absolute Gasteiger partial charge is 0.370 e. The van der Waals surface area contributed by atoms with Gasteiger partial charge >= 0.3 is 6.18 Å². The van der Waals surface area contributed by atoms with Gasteiger partial charge in [-0.2, -0.15) is 18.2 Å². The van der Waals surface area contributed by atoms with E-state index in [9.17, 15) is 31.1 Å². The van der Waals surface area contributed by atoms with Gasteiger partial charge in [-0.15, -0.1) is 10.2 Å². The Morgan fingerprint density at radius 2 is 1.76 bits per heavy atom. The number of carbonyl (C=O) groups is 1. The summed E-state index contributed by atoms with van der Waals surface area (Å²) in [6.45, 7) is -0.302. The van der Waals surface area contributed by atoms with Crippen LogP contribution in [-0.4, -0.2) is 69.1 Å². The van der Waals surface area contributed by atoms with Crippen LogP contribution in [0.4, 0.5) is 26.3 Å². The van der Waals surface area contributed by atoms with E-state index in [1.165, 1.54) is 9.80 Å². The average Bonchev–Trinajstić information content (AvgIpc) is 3.21. The lowest BCUT2D eigenvalue weighted by Crippen LogP contribution is -2.42. The maximum Gasteiger partial charge on any atom is 0.451 e. The molecule has 0 bridgehead atoms. The number of aromatic nitrogens is 3. The van der Waals surface area contributed by atoms with Crippen molar-refractivity contribution in [1.29, 1.82) is 5.41 Å². The van der Waals surface area contributed by atoms with Gasteiger partial charge < -0.3 is 31.6 Å². The summed E-state index contributed by atoms with van der Waals surface area (Å²) in [4.78, 5) is 18.6. The van der Waals surface area contributed by atoms with E-state index >= 15 is 0 Å². The summed E-state index contributed by atoms with van der Waals surface area (Å²) in [5, 5.41) is 13.6. The molecule has 0 saturated heterocycles. The standard InChI is InChI=1S/C16H15F6N5O.C4H11N5/c17-10-6-12(19)11(18)4-8(10)3-9(23)5-14(28)26-1-2-27-13(7-26)24-25-15(27)16(20,21)22;1-9(2)4(7)8-3(5)6/h4,6,9H,1-3,5,7,23H2;1-2H3,(H5,5,6,7,8)/t9-;/m1./s1. The van der Waals surface area contributed by atoms with E-state index in [4.69, 9.17) is 22.6 Å². The van der Waals surface area contributed by atoms with Crippen LogP contribution in [0.25, 0.3) is 0 Å². The third kappa shape index (κ3) is 8.06. The van der Waals surface area contributed by atoms with Gasteiger partial charge in [0.05, 0.1) is 6.54 Å². The van der Waals surface area contributed by atoms with E-state index in [2.05, 4.69) is 15.2 Å². The maximum absolute atomic E-state index is 13.7. The summed E-state index contributed by atoms with van der Waals surface area (Å²) in [5.41, 5.74) is 15.6. The van der Waals surface area contributed by atoms with Crippen molar-refractivity contribution < 1.29 is 31.1 Å². The minimum absolute atomic E-state index is 0.000783. The number of guanidine groups is 2. The molecule has 1 aliphatic heterocycles. The molecule has 2 aromatic rings. The molecule has 0 unspecified atom stereocenters. The number of amides is 1. The highest BCUT2D eigenvalue weighted by molar-refractivity contribution is 5.91. The summed E-state index contributed by atoms with van der Waals surface area (Å²) in [6.07, 6.45) is -5.11. The van der Waals surface area contributed by atoms with Crippen LogP contribution in [0, 0.1) is 22.9 Å². The third-order valence-electron chi connectivity index (χ3n) is 5.03. The van der Waals surface area contributed by atoms with Crippen LogP contribution < -0.4 is 17.2 Å². The van der Waals surface area contributed by atoms with Crippen LogP contribution in [0.3, 0.4) is 0 Å². The molecule has 1 aromatic heterocycles. The maximum atomic E-state index is 13.7. The fourth-order valence-corrected chi connectivity index (χ4v) is 3.23. The first-order valence-electron chi connectivity index (χ1n) is 10.6. The molecule has 1 amide bonds. The monoisotopic (exact) mass is 536 g/mol. The van der Waals surface area contributed by atoms with Crippen molar-refractivity contribution in [2.24, 2.45) is 22.2 Å². The molecule has 17 heteroatoms. The van der Waals surface area contributed by atoms with E-state index < -0.39 is 41.4 Å². The topological polar surface area (TPSA) is 169 Å². The van der Waals surface area contributed by atoms with Gasteiger partial charge in [0.2, 0.25) is 17.7 Å². The first-order chi connectivity index (χ1) is 17.1. The number of halogens is 6. The van der Waals surface area contributed by atoms with Crippen LogP contribution in [-0.2, 0) is 30.5 Å². The first kappa shape index (κ1) is 29.3. The van der Waals surface area contributed by atoms with Crippen LogP contribution in [0.1, 0.15) is 23.6 Å². The number of hydrogen-bond acceptors (Lipinski definition) is 5. The molecule has 204 valence electrons. The number of rotatable bonds is 4. The van der Waals surface area contributed by atoms with Gasteiger partial charge in [0.25, 0.3) is 0 Å². The summed E-state index contributed by atoms with van der Waals surface area (Å²) in [7, 11) is 3.38. The van der Waals surface area contributed by atoms with Crippen molar-refractivity contribution >= 4 is 17.8 Å². The molecular weight excluding hydrogens is 510 g/mol. The van der Waals surface area contributed by atoms with Gasteiger partial charge in [0, 0.05) is 45.7 Å². The summed E-state index contributed by atoms with van der Waals surface area (Å²) >= 11 is 0. The normalized spacial score (nSPS) is 13.7. The Balaban J connectivity index is 0.000000458. The molecule has 3 rings (SSSR count). The molecule has 0 saturated carbocycles. The Morgan fingerprint density at radius 3 is 2.30 bits per heavy atom. The lowest BCUT2D eigenvalue weighted by molar-refractivity contribution is -0.148. The highest BCUT2D eigenvalue weighted by atomic mass is 19.4. The Labute approximate surface area is 207 Å². The minimum Gasteiger partial charge on any atom is -0.370 e. The number of carbonyl (C=O) groups excluding carboxylic acids is 1. The lowest BCUT2D eigenvalue weighted by atomic mass is 10.0. The molecule has 0 fully saturated rings. The number of alkyl halides is 3. The Morgan fingerprint density at radius 1 is 1.14 bits per heavy atom. The second kappa shape index (κ2) is 11.9. The Bertz CT molecular complexity index is 1160. The van der Waals surface area contributed by atoms with Gasteiger partial charge in [-0.3, -0.25) is 10.2 Å². The average molecular weight is 536 g/mol. The Hall–Kier alpha value is -3.89. The van der Waals surface area contributed by atoms with Crippen molar-refractivity contribution in [1.82, 2.24) is 24.6 Å². The zero-order chi connectivity index (χ0) is 28.1. The van der Waals surface area contributed by atoms with E-state index in [0.29, 0.717) is 12.1 Å². The number of aliphatic imine (C=N–C) groups is 1. The second-order valence-electron chi connectivity index (χ2n) is 8.19. The molecule has 0 spiro atoms. The fraction of sp³-hybridized carbons (Fsp3) is 0.450. The van der Waals surface area contributed by atoms with Gasteiger partial charge in [-0.1, -0.05) is 0 Å². The van der Waals surface area contributed by atoms with E-state index in [1.807, 2.05) is 0 Å². The number of benzene rings is 1. The minimum atomic E-state index is -4.64. The van der Waals surface area contributed by atoms with E-state index in [0.717, 1.165) is 4.57 Å². The molecule has 0 radical (unpaired) electrons. The molecule has 2 heterocycles. The third-order valence-corrected chi connectivity index (χ3v) is 5.03. The van der Waals surface area contributed by atoms with Crippen molar-refractivity contribution in [3.05, 3.63) is 46.8 Å². The summed E-state index contributed by atoms with van der Waals surface area (Å²) < 4.78 is 79.3. The van der Waals surface area contributed by atoms with E-state index in [-0.39, 0.29) is 55.8 Å². The van der Waals surface area contributed by atoms with Crippen molar-refractivity contribution in [2.45, 2.75) is 38.1 Å².